The Labute approximate surface area is 116 Å². The van der Waals surface area contributed by atoms with E-state index in [9.17, 15) is 14.9 Å². The minimum Gasteiger partial charge on any atom is -0.477 e. The van der Waals surface area contributed by atoms with Crippen LogP contribution in [-0.2, 0) is 0 Å². The van der Waals surface area contributed by atoms with E-state index >= 15 is 0 Å². The highest BCUT2D eigenvalue weighted by Crippen LogP contribution is 2.32. The Hall–Kier alpha value is -2.18. The molecule has 1 N–H and O–H groups in total. The lowest BCUT2D eigenvalue weighted by Gasteiger charge is -2.35. The molecule has 1 aromatic rings. The van der Waals surface area contributed by atoms with Crippen LogP contribution in [0.25, 0.3) is 0 Å². The SMILES string of the molecule is CCC1CCCCN1c1nc(C(=O)O)ccc1[N+](=O)[O-]. The number of piperidine rings is 1. The number of carboxylic acid groups (broad SMARTS) is 1. The predicted molar refractivity (Wildman–Crippen MR) is 73.1 cm³/mol. The molecule has 108 valence electrons. The summed E-state index contributed by atoms with van der Waals surface area (Å²) in [5.74, 6) is -0.993. The summed E-state index contributed by atoms with van der Waals surface area (Å²) in [7, 11) is 0. The number of hydrogen-bond acceptors (Lipinski definition) is 5. The zero-order chi connectivity index (χ0) is 14.7. The summed E-state index contributed by atoms with van der Waals surface area (Å²) >= 11 is 0. The van der Waals surface area contributed by atoms with Crippen molar-refractivity contribution in [2.24, 2.45) is 0 Å². The number of pyridine rings is 1. The molecule has 0 aliphatic carbocycles. The van der Waals surface area contributed by atoms with Gasteiger partial charge in [-0.15, -0.1) is 0 Å². The van der Waals surface area contributed by atoms with Crippen molar-refractivity contribution in [2.45, 2.75) is 38.6 Å². The van der Waals surface area contributed by atoms with Crippen molar-refractivity contribution in [3.63, 3.8) is 0 Å². The van der Waals surface area contributed by atoms with Gasteiger partial charge < -0.3 is 10.0 Å². The third kappa shape index (κ3) is 2.71. The number of hydrogen-bond donors (Lipinski definition) is 1. The number of aromatic carboxylic acids is 1. The fourth-order valence-electron chi connectivity index (χ4n) is 2.62. The standard InChI is InChI=1S/C13H17N3O4/c1-2-9-5-3-4-8-15(9)12-11(16(19)20)7-6-10(14-12)13(17)18/h6-7,9H,2-5,8H2,1H3,(H,17,18). The second kappa shape index (κ2) is 5.85. The van der Waals surface area contributed by atoms with Gasteiger partial charge in [0, 0.05) is 18.7 Å². The first-order chi connectivity index (χ1) is 9.54. The van der Waals surface area contributed by atoms with E-state index in [1.54, 1.807) is 0 Å². The van der Waals surface area contributed by atoms with Gasteiger partial charge in [0.15, 0.2) is 5.69 Å². The summed E-state index contributed by atoms with van der Waals surface area (Å²) in [6, 6.07) is 2.58. The highest BCUT2D eigenvalue weighted by molar-refractivity contribution is 5.86. The molecule has 1 saturated heterocycles. The summed E-state index contributed by atoms with van der Waals surface area (Å²) in [5.41, 5.74) is -0.290. The fourth-order valence-corrected chi connectivity index (χ4v) is 2.62. The average molecular weight is 279 g/mol. The maximum absolute atomic E-state index is 11.1. The fraction of sp³-hybridized carbons (Fsp3) is 0.538. The number of rotatable bonds is 4. The van der Waals surface area contributed by atoms with Crippen LogP contribution in [0.4, 0.5) is 11.5 Å². The molecule has 0 aromatic carbocycles. The molecule has 0 radical (unpaired) electrons. The van der Waals surface area contributed by atoms with E-state index in [0.717, 1.165) is 25.7 Å². The third-order valence-electron chi connectivity index (χ3n) is 3.64. The van der Waals surface area contributed by atoms with Crippen molar-refractivity contribution < 1.29 is 14.8 Å². The lowest BCUT2D eigenvalue weighted by molar-refractivity contribution is -0.384. The lowest BCUT2D eigenvalue weighted by Crippen LogP contribution is -2.40. The largest absolute Gasteiger partial charge is 0.477 e. The quantitative estimate of drug-likeness (QED) is 0.671. The van der Waals surface area contributed by atoms with Gasteiger partial charge in [-0.1, -0.05) is 6.92 Å². The summed E-state index contributed by atoms with van der Waals surface area (Å²) in [5, 5.41) is 20.1. The molecule has 0 amide bonds. The van der Waals surface area contributed by atoms with Crippen LogP contribution < -0.4 is 4.90 Å². The van der Waals surface area contributed by atoms with Crippen molar-refractivity contribution in [3.05, 3.63) is 27.9 Å². The van der Waals surface area contributed by atoms with E-state index in [4.69, 9.17) is 5.11 Å². The van der Waals surface area contributed by atoms with Gasteiger partial charge in [0.25, 0.3) is 0 Å². The number of nitro groups is 1. The van der Waals surface area contributed by atoms with E-state index in [0.29, 0.717) is 6.54 Å². The minimum atomic E-state index is -1.17. The molecule has 2 heterocycles. The van der Waals surface area contributed by atoms with Gasteiger partial charge in [0.05, 0.1) is 4.92 Å². The molecule has 0 saturated carbocycles. The maximum Gasteiger partial charge on any atom is 0.354 e. The van der Waals surface area contributed by atoms with Crippen LogP contribution in [-0.4, -0.2) is 33.6 Å². The summed E-state index contributed by atoms with van der Waals surface area (Å²) in [6.45, 7) is 2.70. The molecule has 7 heteroatoms. The van der Waals surface area contributed by atoms with Crippen molar-refractivity contribution in [1.82, 2.24) is 4.98 Å². The van der Waals surface area contributed by atoms with Crippen molar-refractivity contribution in [3.8, 4) is 0 Å². The van der Waals surface area contributed by atoms with Gasteiger partial charge in [0.1, 0.15) is 0 Å². The topological polar surface area (TPSA) is 96.6 Å². The molecule has 1 unspecified atom stereocenters. The van der Waals surface area contributed by atoms with E-state index in [-0.39, 0.29) is 23.2 Å². The van der Waals surface area contributed by atoms with Crippen LogP contribution in [0.2, 0.25) is 0 Å². The van der Waals surface area contributed by atoms with Crippen LogP contribution in [0.3, 0.4) is 0 Å². The van der Waals surface area contributed by atoms with Gasteiger partial charge in [-0.05, 0) is 31.7 Å². The Bertz CT molecular complexity index is 532. The van der Waals surface area contributed by atoms with Crippen LogP contribution in [0.1, 0.15) is 43.1 Å². The molecule has 0 bridgehead atoms. The second-order valence-corrected chi connectivity index (χ2v) is 4.85. The molecular formula is C13H17N3O4. The molecule has 0 spiro atoms. The highest BCUT2D eigenvalue weighted by atomic mass is 16.6. The second-order valence-electron chi connectivity index (χ2n) is 4.85. The lowest BCUT2D eigenvalue weighted by atomic mass is 10.00. The van der Waals surface area contributed by atoms with E-state index in [1.165, 1.54) is 12.1 Å². The molecule has 7 nitrogen and oxygen atoms in total. The van der Waals surface area contributed by atoms with E-state index in [1.807, 2.05) is 11.8 Å². The zero-order valence-corrected chi connectivity index (χ0v) is 11.3. The van der Waals surface area contributed by atoms with Crippen LogP contribution >= 0.6 is 0 Å². The molecule has 1 aliphatic rings. The molecule has 2 rings (SSSR count). The summed E-state index contributed by atoms with van der Waals surface area (Å²) in [4.78, 5) is 27.5. The predicted octanol–water partition coefficient (Wildman–Crippen LogP) is 2.46. The van der Waals surface area contributed by atoms with Crippen molar-refractivity contribution in [2.75, 3.05) is 11.4 Å². The monoisotopic (exact) mass is 279 g/mol. The zero-order valence-electron chi connectivity index (χ0n) is 11.3. The Kier molecular flexibility index (Phi) is 4.16. The Morgan fingerprint density at radius 3 is 2.90 bits per heavy atom. The van der Waals surface area contributed by atoms with Gasteiger partial charge in [-0.25, -0.2) is 9.78 Å². The molecule has 20 heavy (non-hydrogen) atoms. The Morgan fingerprint density at radius 2 is 2.30 bits per heavy atom. The summed E-state index contributed by atoms with van der Waals surface area (Å²) in [6.07, 6.45) is 3.83. The van der Waals surface area contributed by atoms with Gasteiger partial charge in [-0.2, -0.15) is 0 Å². The number of aromatic nitrogens is 1. The average Bonchev–Trinajstić information content (AvgIpc) is 2.46. The number of anilines is 1. The molecular weight excluding hydrogens is 262 g/mol. The number of nitrogens with zero attached hydrogens (tertiary/aromatic N) is 3. The molecule has 1 aliphatic heterocycles. The highest BCUT2D eigenvalue weighted by Gasteiger charge is 2.29. The van der Waals surface area contributed by atoms with E-state index < -0.39 is 10.9 Å². The first kappa shape index (κ1) is 14.2. The van der Waals surface area contributed by atoms with Gasteiger partial charge in [0.2, 0.25) is 5.82 Å². The van der Waals surface area contributed by atoms with Crippen molar-refractivity contribution >= 4 is 17.5 Å². The first-order valence-electron chi connectivity index (χ1n) is 6.70. The van der Waals surface area contributed by atoms with Crippen molar-refractivity contribution in [1.29, 1.82) is 0 Å². The molecule has 1 atom stereocenters. The summed E-state index contributed by atoms with van der Waals surface area (Å²) < 4.78 is 0. The van der Waals surface area contributed by atoms with E-state index in [2.05, 4.69) is 4.98 Å². The first-order valence-corrected chi connectivity index (χ1v) is 6.70. The minimum absolute atomic E-state index is 0.129. The number of carbonyl (C=O) groups is 1. The van der Waals surface area contributed by atoms with Gasteiger partial charge >= 0.3 is 11.7 Å². The van der Waals surface area contributed by atoms with Crippen LogP contribution in [0.5, 0.6) is 0 Å². The smallest absolute Gasteiger partial charge is 0.354 e. The van der Waals surface area contributed by atoms with Gasteiger partial charge in [-0.3, -0.25) is 10.1 Å². The Morgan fingerprint density at radius 1 is 1.55 bits per heavy atom. The molecule has 1 fully saturated rings. The van der Waals surface area contributed by atoms with Crippen LogP contribution in [0.15, 0.2) is 12.1 Å². The van der Waals surface area contributed by atoms with Crippen LogP contribution in [0, 0.1) is 10.1 Å². The Balaban J connectivity index is 2.47. The molecule has 1 aromatic heterocycles. The normalized spacial score (nSPS) is 18.9. The number of carboxylic acids is 1. The maximum atomic E-state index is 11.1. The third-order valence-corrected chi connectivity index (χ3v) is 3.64.